The molecule has 7 aromatic carbocycles. The van der Waals surface area contributed by atoms with Gasteiger partial charge in [0.1, 0.15) is 7.85 Å². The smallest absolute Gasteiger partial charge is 0.178 e. The number of hydrazone groups is 1. The van der Waals surface area contributed by atoms with Crippen molar-refractivity contribution in [2.45, 2.75) is 92.9 Å². The maximum absolute atomic E-state index is 6.52. The highest BCUT2D eigenvalue weighted by atomic mass is 15.2. The standard InChI is InChI=1S/C64H62BN3/c1-38-39(2)58(49-23-15-10-16-24-49)43(6)59-56(38)37-57-42(5)61(62(65)44(7)60(57)59)64(68-66)67-63(50-33-29-46(30-34-50)45-19-11-8-12-20-45)51-35-31-48(32-36-51)53-26-18-28-55(41(53)4)54-27-17-25-52(40(54)3)47-21-13-9-14-22-47/h8-9,11-14,17-23,25-31,33-36,48H,10,15-16,24,32,37,65-66H2,1-7H3/b67-63+,68-64-. The molecule has 0 heterocycles. The van der Waals surface area contributed by atoms with E-state index in [2.05, 4.69) is 207 Å². The molecule has 0 amide bonds. The molecule has 2 N–H and O–H groups in total. The molecule has 3 nitrogen and oxygen atoms in total. The molecule has 7 aromatic rings. The summed E-state index contributed by atoms with van der Waals surface area (Å²) in [7, 11) is 2.24. The van der Waals surface area contributed by atoms with Crippen LogP contribution >= 0.6 is 0 Å². The van der Waals surface area contributed by atoms with Crippen molar-refractivity contribution in [2.24, 2.45) is 15.9 Å². The normalized spacial score (nSPS) is 15.8. The van der Waals surface area contributed by atoms with E-state index < -0.39 is 0 Å². The van der Waals surface area contributed by atoms with Crippen LogP contribution in [0.5, 0.6) is 0 Å². The molecule has 336 valence electrons. The van der Waals surface area contributed by atoms with Crippen molar-refractivity contribution in [3.05, 3.63) is 224 Å². The summed E-state index contributed by atoms with van der Waals surface area (Å²) in [5.41, 5.74) is 32.1. The number of hydrogen-bond donors (Lipinski definition) is 1. The lowest BCUT2D eigenvalue weighted by Gasteiger charge is -2.24. The van der Waals surface area contributed by atoms with Gasteiger partial charge in [-0.2, -0.15) is 5.10 Å². The van der Waals surface area contributed by atoms with E-state index in [1.54, 1.807) is 0 Å². The van der Waals surface area contributed by atoms with Crippen LogP contribution in [0.1, 0.15) is 110 Å². The summed E-state index contributed by atoms with van der Waals surface area (Å²) < 4.78 is 0. The first-order valence-corrected chi connectivity index (χ1v) is 24.7. The van der Waals surface area contributed by atoms with E-state index in [-0.39, 0.29) is 5.92 Å². The van der Waals surface area contributed by atoms with Gasteiger partial charge in [-0.15, -0.1) is 0 Å². The number of fused-ring (bicyclic) bond motifs is 3. The summed E-state index contributed by atoms with van der Waals surface area (Å²) in [6, 6.07) is 43.6. The van der Waals surface area contributed by atoms with Crippen molar-refractivity contribution < 1.29 is 0 Å². The van der Waals surface area contributed by atoms with Gasteiger partial charge in [0.05, 0.1) is 5.71 Å². The third-order valence-corrected chi connectivity index (χ3v) is 15.8. The van der Waals surface area contributed by atoms with E-state index in [9.17, 15) is 0 Å². The maximum atomic E-state index is 6.52. The van der Waals surface area contributed by atoms with E-state index in [1.807, 2.05) is 0 Å². The molecule has 0 aliphatic heterocycles. The van der Waals surface area contributed by atoms with Crippen LogP contribution in [-0.4, -0.2) is 19.4 Å². The number of aliphatic imine (C=N–C) groups is 1. The second-order valence-electron chi connectivity index (χ2n) is 19.4. The van der Waals surface area contributed by atoms with Gasteiger partial charge in [0, 0.05) is 17.0 Å². The summed E-state index contributed by atoms with van der Waals surface area (Å²) in [6.45, 7) is 16.2. The highest BCUT2D eigenvalue weighted by molar-refractivity contribution is 6.39. The zero-order chi connectivity index (χ0) is 47.2. The first kappa shape index (κ1) is 44.8. The number of nitrogens with zero attached hydrogens (tertiary/aromatic N) is 2. The van der Waals surface area contributed by atoms with Crippen molar-refractivity contribution in [1.82, 2.24) is 0 Å². The molecule has 68 heavy (non-hydrogen) atoms. The summed E-state index contributed by atoms with van der Waals surface area (Å²) in [5, 5.41) is 4.56. The number of benzene rings is 7. The molecule has 0 saturated carbocycles. The molecule has 0 spiro atoms. The van der Waals surface area contributed by atoms with Crippen molar-refractivity contribution in [3.8, 4) is 44.5 Å². The lowest BCUT2D eigenvalue weighted by atomic mass is 9.77. The van der Waals surface area contributed by atoms with Crippen LogP contribution in [0.2, 0.25) is 0 Å². The van der Waals surface area contributed by atoms with Crippen LogP contribution < -0.4 is 11.3 Å². The van der Waals surface area contributed by atoms with Gasteiger partial charge in [0.25, 0.3) is 0 Å². The molecule has 0 aromatic heterocycles. The molecule has 0 bridgehead atoms. The SMILES string of the molecule is Bc1c(C)c2c(c(C)c1C(=N/N)/N=C(/C1=CCC(c3cccc(-c4cccc(-c5ccccc5)c4C)c3C)C=C1)c1ccc(-c3ccccc3)cc1)Cc1c(C)c(C)c(C3=CCCCC3)c(C)c1-2. The van der Waals surface area contributed by atoms with Gasteiger partial charge in [-0.25, -0.2) is 4.99 Å². The van der Waals surface area contributed by atoms with E-state index in [1.165, 1.54) is 136 Å². The van der Waals surface area contributed by atoms with Crippen molar-refractivity contribution in [1.29, 1.82) is 0 Å². The second kappa shape index (κ2) is 18.6. The zero-order valence-corrected chi connectivity index (χ0v) is 41.1. The topological polar surface area (TPSA) is 50.7 Å². The molecule has 0 saturated heterocycles. The molecule has 1 unspecified atom stereocenters. The van der Waals surface area contributed by atoms with Gasteiger partial charge in [-0.3, -0.25) is 0 Å². The summed E-state index contributed by atoms with van der Waals surface area (Å²) in [6.07, 6.45) is 16.2. The van der Waals surface area contributed by atoms with Crippen LogP contribution in [0, 0.1) is 48.5 Å². The lowest BCUT2D eigenvalue weighted by Crippen LogP contribution is -2.24. The Labute approximate surface area is 405 Å². The maximum Gasteiger partial charge on any atom is 0.178 e. The highest BCUT2D eigenvalue weighted by Crippen LogP contribution is 2.48. The van der Waals surface area contributed by atoms with Gasteiger partial charge in [-0.05, 0) is 204 Å². The fourth-order valence-corrected chi connectivity index (χ4v) is 11.9. The predicted molar refractivity (Wildman–Crippen MR) is 294 cm³/mol. The molecule has 3 aliphatic rings. The first-order valence-electron chi connectivity index (χ1n) is 24.7. The molecule has 3 aliphatic carbocycles. The molecular formula is C64H62BN3. The Hall–Kier alpha value is -7.04. The summed E-state index contributed by atoms with van der Waals surface area (Å²) in [4.78, 5) is 5.55. The molecule has 4 heteroatoms. The predicted octanol–water partition coefficient (Wildman–Crippen LogP) is 14.4. The number of rotatable bonds is 8. The van der Waals surface area contributed by atoms with Gasteiger partial charge < -0.3 is 5.84 Å². The second-order valence-corrected chi connectivity index (χ2v) is 19.4. The quantitative estimate of drug-likeness (QED) is 0.0534. The lowest BCUT2D eigenvalue weighted by molar-refractivity contribution is 0.741. The Balaban J connectivity index is 1.04. The van der Waals surface area contributed by atoms with Gasteiger partial charge >= 0.3 is 0 Å². The van der Waals surface area contributed by atoms with Gasteiger partial charge in [-0.1, -0.05) is 151 Å². The minimum Gasteiger partial charge on any atom is -0.321 e. The molecule has 0 radical (unpaired) electrons. The van der Waals surface area contributed by atoms with Crippen LogP contribution in [0.15, 0.2) is 161 Å². The third kappa shape index (κ3) is 7.84. The van der Waals surface area contributed by atoms with E-state index in [4.69, 9.17) is 10.8 Å². The third-order valence-electron chi connectivity index (χ3n) is 15.8. The number of amidine groups is 1. The molecule has 1 atom stereocenters. The fourth-order valence-electron chi connectivity index (χ4n) is 11.9. The van der Waals surface area contributed by atoms with E-state index in [0.717, 1.165) is 41.7 Å². The highest BCUT2D eigenvalue weighted by Gasteiger charge is 2.32. The van der Waals surface area contributed by atoms with Crippen molar-refractivity contribution in [2.75, 3.05) is 0 Å². The van der Waals surface area contributed by atoms with Crippen LogP contribution in [-0.2, 0) is 6.42 Å². The summed E-state index contributed by atoms with van der Waals surface area (Å²) >= 11 is 0. The van der Waals surface area contributed by atoms with Crippen LogP contribution in [0.4, 0.5) is 0 Å². The first-order chi connectivity index (χ1) is 33.0. The zero-order valence-electron chi connectivity index (χ0n) is 41.1. The number of nitrogens with two attached hydrogens (primary N) is 1. The van der Waals surface area contributed by atoms with Gasteiger partial charge in [0.15, 0.2) is 5.84 Å². The Bertz CT molecular complexity index is 3290. The molecule has 10 rings (SSSR count). The largest absolute Gasteiger partial charge is 0.321 e. The molecular weight excluding hydrogens is 822 g/mol. The number of hydrogen-bond acceptors (Lipinski definition) is 2. The van der Waals surface area contributed by atoms with E-state index >= 15 is 0 Å². The van der Waals surface area contributed by atoms with Crippen molar-refractivity contribution in [3.63, 3.8) is 0 Å². The van der Waals surface area contributed by atoms with Gasteiger partial charge in [0.2, 0.25) is 0 Å². The summed E-state index contributed by atoms with van der Waals surface area (Å²) in [5.74, 6) is 7.30. The average Bonchev–Trinajstić information content (AvgIpc) is 3.79. The van der Waals surface area contributed by atoms with Crippen LogP contribution in [0.25, 0.3) is 50.1 Å². The number of allylic oxidation sites excluding steroid dienone is 6. The molecule has 0 fully saturated rings. The Kier molecular flexibility index (Phi) is 12.2. The minimum absolute atomic E-state index is 0.219. The monoisotopic (exact) mass is 884 g/mol. The Morgan fingerprint density at radius 1 is 0.559 bits per heavy atom. The van der Waals surface area contributed by atoms with E-state index in [0.29, 0.717) is 5.84 Å². The minimum atomic E-state index is 0.219. The average molecular weight is 884 g/mol. The fraction of sp³-hybridized carbons (Fsp3) is 0.219. The Morgan fingerprint density at radius 3 is 1.85 bits per heavy atom. The van der Waals surface area contributed by atoms with Crippen LogP contribution in [0.3, 0.4) is 0 Å². The van der Waals surface area contributed by atoms with Crippen molar-refractivity contribution >= 4 is 30.4 Å². The Morgan fingerprint density at radius 2 is 1.19 bits per heavy atom.